The molecule has 3 nitrogen and oxygen atoms in total. The minimum Gasteiger partial charge on any atom is -0.504 e. The van der Waals surface area contributed by atoms with E-state index in [1.165, 1.54) is 26.4 Å². The van der Waals surface area contributed by atoms with Gasteiger partial charge in [0.2, 0.25) is 0 Å². The Morgan fingerprint density at radius 3 is 2.68 bits per heavy atom. The first-order chi connectivity index (χ1) is 10.5. The number of aromatic hydroxyl groups is 2. The highest BCUT2D eigenvalue weighted by Gasteiger charge is 2.37. The van der Waals surface area contributed by atoms with Crippen molar-refractivity contribution in [1.29, 1.82) is 0 Å². The molecule has 22 heavy (non-hydrogen) atoms. The predicted octanol–water partition coefficient (Wildman–Crippen LogP) is 3.83. The fraction of sp³-hybridized carbons (Fsp3) is 0.444. The average molecular weight is 315 g/mol. The molecule has 2 atom stereocenters. The summed E-state index contributed by atoms with van der Waals surface area (Å²) in [6.07, 6.45) is 2.03. The number of aryl methyl sites for hydroxylation is 1. The number of hydrogen-bond donors (Lipinski definition) is 3. The Morgan fingerprint density at radius 1 is 1.14 bits per heavy atom. The van der Waals surface area contributed by atoms with Gasteiger partial charge in [-0.05, 0) is 53.6 Å². The van der Waals surface area contributed by atoms with E-state index in [1.54, 1.807) is 12.1 Å². The summed E-state index contributed by atoms with van der Waals surface area (Å²) in [7, 11) is 0. The highest BCUT2D eigenvalue weighted by molar-refractivity contribution is 7.12. The predicted molar refractivity (Wildman–Crippen MR) is 89.0 cm³/mol. The summed E-state index contributed by atoms with van der Waals surface area (Å²) >= 11 is 1.92. The molecule has 1 aromatic heterocycles. The molecular formula is C18H21NO2S. The summed E-state index contributed by atoms with van der Waals surface area (Å²) in [5, 5.41) is 23.4. The van der Waals surface area contributed by atoms with Crippen molar-refractivity contribution in [2.75, 3.05) is 0 Å². The number of fused-ring (bicyclic) bond motifs is 5. The van der Waals surface area contributed by atoms with Crippen LogP contribution in [0.5, 0.6) is 11.5 Å². The van der Waals surface area contributed by atoms with E-state index in [2.05, 4.69) is 25.2 Å². The molecule has 0 saturated heterocycles. The Hall–Kier alpha value is -1.52. The van der Waals surface area contributed by atoms with Crippen molar-refractivity contribution in [3.63, 3.8) is 0 Å². The number of rotatable bonds is 1. The van der Waals surface area contributed by atoms with Gasteiger partial charge in [0.1, 0.15) is 0 Å². The van der Waals surface area contributed by atoms with Crippen molar-refractivity contribution in [2.24, 2.45) is 0 Å². The first-order valence-corrected chi connectivity index (χ1v) is 8.77. The first-order valence-electron chi connectivity index (χ1n) is 7.95. The van der Waals surface area contributed by atoms with Crippen LogP contribution in [0, 0.1) is 0 Å². The second-order valence-corrected chi connectivity index (χ2v) is 7.85. The minimum atomic E-state index is -0.00726. The van der Waals surface area contributed by atoms with Crippen molar-refractivity contribution >= 4 is 11.3 Å². The average Bonchev–Trinajstić information content (AvgIpc) is 2.92. The van der Waals surface area contributed by atoms with Gasteiger partial charge in [0.15, 0.2) is 11.5 Å². The molecule has 0 amide bonds. The van der Waals surface area contributed by atoms with Crippen LogP contribution in [-0.4, -0.2) is 16.3 Å². The number of thiophene rings is 1. The topological polar surface area (TPSA) is 52.5 Å². The van der Waals surface area contributed by atoms with Crippen molar-refractivity contribution in [1.82, 2.24) is 5.32 Å². The number of phenols is 2. The highest BCUT2D eigenvalue weighted by Crippen LogP contribution is 2.47. The highest BCUT2D eigenvalue weighted by atomic mass is 32.1. The molecule has 2 heterocycles. The van der Waals surface area contributed by atoms with Crippen LogP contribution in [0.25, 0.3) is 0 Å². The fourth-order valence-corrected chi connectivity index (χ4v) is 5.14. The van der Waals surface area contributed by atoms with Crippen LogP contribution < -0.4 is 5.32 Å². The maximum Gasteiger partial charge on any atom is 0.157 e. The summed E-state index contributed by atoms with van der Waals surface area (Å²) in [5.41, 5.74) is 3.75. The molecule has 4 heteroatoms. The van der Waals surface area contributed by atoms with Gasteiger partial charge in [-0.15, -0.1) is 11.3 Å². The lowest BCUT2D eigenvalue weighted by molar-refractivity contribution is 0.383. The Kier molecular flexibility index (Phi) is 3.20. The van der Waals surface area contributed by atoms with E-state index in [9.17, 15) is 10.2 Å². The molecule has 4 rings (SSSR count). The Balaban J connectivity index is 1.87. The quantitative estimate of drug-likeness (QED) is 0.701. The minimum absolute atomic E-state index is 0.00441. The molecule has 2 aromatic rings. The van der Waals surface area contributed by atoms with Gasteiger partial charge in [0.05, 0.1) is 0 Å². The SMILES string of the molecule is CC(C)c1cc2c(s1)C1c3cc(O)c(O)cc3CCC1NC2. The zero-order valence-corrected chi connectivity index (χ0v) is 13.7. The second-order valence-electron chi connectivity index (χ2n) is 6.74. The molecule has 1 aliphatic heterocycles. The third-order valence-electron chi connectivity index (χ3n) is 4.97. The van der Waals surface area contributed by atoms with Gasteiger partial charge in [-0.25, -0.2) is 0 Å². The third-order valence-corrected chi connectivity index (χ3v) is 6.53. The van der Waals surface area contributed by atoms with Crippen molar-refractivity contribution in [3.8, 4) is 11.5 Å². The molecule has 0 fully saturated rings. The van der Waals surface area contributed by atoms with Gasteiger partial charge < -0.3 is 15.5 Å². The Labute approximate surface area is 134 Å². The Bertz CT molecular complexity index is 735. The van der Waals surface area contributed by atoms with Gasteiger partial charge >= 0.3 is 0 Å². The molecule has 0 radical (unpaired) electrons. The molecule has 1 aromatic carbocycles. The zero-order chi connectivity index (χ0) is 15.4. The largest absolute Gasteiger partial charge is 0.504 e. The summed E-state index contributed by atoms with van der Waals surface area (Å²) in [4.78, 5) is 2.88. The van der Waals surface area contributed by atoms with Crippen LogP contribution in [0.4, 0.5) is 0 Å². The van der Waals surface area contributed by atoms with Gasteiger partial charge in [-0.3, -0.25) is 0 Å². The van der Waals surface area contributed by atoms with Gasteiger partial charge in [0, 0.05) is 28.3 Å². The molecular weight excluding hydrogens is 294 g/mol. The standard InChI is InChI=1S/C18H21NO2S/c1-9(2)16-6-11-8-19-13-4-3-10-5-14(20)15(21)7-12(10)17(13)18(11)22-16/h5-7,9,13,17,19-21H,3-4,8H2,1-2H3. The van der Waals surface area contributed by atoms with E-state index >= 15 is 0 Å². The molecule has 2 aliphatic rings. The third kappa shape index (κ3) is 2.05. The lowest BCUT2D eigenvalue weighted by atomic mass is 9.75. The van der Waals surface area contributed by atoms with Crippen LogP contribution >= 0.6 is 11.3 Å². The summed E-state index contributed by atoms with van der Waals surface area (Å²) in [6.45, 7) is 5.42. The molecule has 1 aliphatic carbocycles. The maximum atomic E-state index is 9.94. The van der Waals surface area contributed by atoms with E-state index in [-0.39, 0.29) is 11.5 Å². The van der Waals surface area contributed by atoms with Gasteiger partial charge in [0.25, 0.3) is 0 Å². The zero-order valence-electron chi connectivity index (χ0n) is 12.9. The van der Waals surface area contributed by atoms with E-state index in [0.717, 1.165) is 19.4 Å². The monoisotopic (exact) mass is 315 g/mol. The van der Waals surface area contributed by atoms with Gasteiger partial charge in [-0.2, -0.15) is 0 Å². The molecule has 3 N–H and O–H groups in total. The molecule has 116 valence electrons. The lowest BCUT2D eigenvalue weighted by Gasteiger charge is -2.38. The summed E-state index contributed by atoms with van der Waals surface area (Å²) in [6, 6.07) is 6.28. The Morgan fingerprint density at radius 2 is 1.91 bits per heavy atom. The van der Waals surface area contributed by atoms with Crippen LogP contribution in [0.15, 0.2) is 18.2 Å². The van der Waals surface area contributed by atoms with E-state index in [1.807, 2.05) is 11.3 Å². The number of nitrogens with one attached hydrogen (secondary N) is 1. The van der Waals surface area contributed by atoms with Crippen LogP contribution in [-0.2, 0) is 13.0 Å². The number of benzene rings is 1. The number of phenolic OH excluding ortho intramolecular Hbond substituents is 2. The molecule has 2 unspecified atom stereocenters. The van der Waals surface area contributed by atoms with Gasteiger partial charge in [-0.1, -0.05) is 13.8 Å². The van der Waals surface area contributed by atoms with Crippen molar-refractivity contribution in [2.45, 2.75) is 51.1 Å². The first kappa shape index (κ1) is 14.1. The van der Waals surface area contributed by atoms with Crippen molar-refractivity contribution < 1.29 is 10.2 Å². The number of hydrogen-bond acceptors (Lipinski definition) is 4. The van der Waals surface area contributed by atoms with Crippen LogP contribution in [0.3, 0.4) is 0 Å². The van der Waals surface area contributed by atoms with Crippen LogP contribution in [0.2, 0.25) is 0 Å². The fourth-order valence-electron chi connectivity index (χ4n) is 3.77. The van der Waals surface area contributed by atoms with E-state index < -0.39 is 0 Å². The smallest absolute Gasteiger partial charge is 0.157 e. The lowest BCUT2D eigenvalue weighted by Crippen LogP contribution is -2.41. The van der Waals surface area contributed by atoms with Crippen LogP contribution in [0.1, 0.15) is 58.5 Å². The van der Waals surface area contributed by atoms with Crippen molar-refractivity contribution in [3.05, 3.63) is 44.6 Å². The molecule has 0 saturated carbocycles. The summed E-state index contributed by atoms with van der Waals surface area (Å²) < 4.78 is 0. The van der Waals surface area contributed by atoms with E-state index in [0.29, 0.717) is 17.9 Å². The summed E-state index contributed by atoms with van der Waals surface area (Å²) in [5.74, 6) is 0.837. The molecule has 0 spiro atoms. The maximum absolute atomic E-state index is 9.94. The normalized spacial score (nSPS) is 23.0. The molecule has 0 bridgehead atoms. The second kappa shape index (κ2) is 5.00. The van der Waals surface area contributed by atoms with E-state index in [4.69, 9.17) is 0 Å².